The minimum Gasteiger partial charge on any atom is -0.368 e. The van der Waals surface area contributed by atoms with E-state index >= 15 is 0 Å². The SMILES string of the molecule is O=C(C1CCCO1)N1CCCCCC1. The number of hydrogen-bond acceptors (Lipinski definition) is 2. The van der Waals surface area contributed by atoms with Crippen LogP contribution in [0.1, 0.15) is 38.5 Å². The Balaban J connectivity index is 1.88. The summed E-state index contributed by atoms with van der Waals surface area (Å²) in [4.78, 5) is 14.0. The first-order valence-corrected chi connectivity index (χ1v) is 5.78. The van der Waals surface area contributed by atoms with Crippen LogP contribution in [0.25, 0.3) is 0 Å². The quantitative estimate of drug-likeness (QED) is 0.638. The largest absolute Gasteiger partial charge is 0.368 e. The summed E-state index contributed by atoms with van der Waals surface area (Å²) in [7, 11) is 0. The normalized spacial score (nSPS) is 28.9. The van der Waals surface area contributed by atoms with Gasteiger partial charge in [0.15, 0.2) is 0 Å². The van der Waals surface area contributed by atoms with Gasteiger partial charge in [-0.15, -0.1) is 0 Å². The highest BCUT2D eigenvalue weighted by Gasteiger charge is 2.28. The van der Waals surface area contributed by atoms with E-state index in [2.05, 4.69) is 0 Å². The summed E-state index contributed by atoms with van der Waals surface area (Å²) in [5.74, 6) is 0.240. The van der Waals surface area contributed by atoms with Crippen molar-refractivity contribution in [1.29, 1.82) is 0 Å². The molecule has 3 heteroatoms. The summed E-state index contributed by atoms with van der Waals surface area (Å²) < 4.78 is 5.42. The van der Waals surface area contributed by atoms with Gasteiger partial charge in [-0.2, -0.15) is 0 Å². The predicted octanol–water partition coefficient (Wildman–Crippen LogP) is 1.57. The first kappa shape index (κ1) is 9.97. The minimum atomic E-state index is -0.118. The topological polar surface area (TPSA) is 29.5 Å². The molecular formula is C11H19NO2. The van der Waals surface area contributed by atoms with E-state index < -0.39 is 0 Å². The van der Waals surface area contributed by atoms with Crippen molar-refractivity contribution in [3.05, 3.63) is 0 Å². The molecule has 1 amide bonds. The number of rotatable bonds is 1. The first-order valence-electron chi connectivity index (χ1n) is 5.78. The van der Waals surface area contributed by atoms with Gasteiger partial charge < -0.3 is 9.64 Å². The molecule has 2 fully saturated rings. The van der Waals surface area contributed by atoms with Crippen molar-refractivity contribution in [1.82, 2.24) is 4.90 Å². The molecule has 0 N–H and O–H groups in total. The molecule has 2 aliphatic rings. The fourth-order valence-corrected chi connectivity index (χ4v) is 2.27. The average Bonchev–Trinajstić information content (AvgIpc) is 2.59. The molecule has 0 aromatic heterocycles. The Morgan fingerprint density at radius 1 is 1.07 bits per heavy atom. The number of likely N-dealkylation sites (tertiary alicyclic amines) is 1. The monoisotopic (exact) mass is 197 g/mol. The second-order valence-corrected chi connectivity index (χ2v) is 4.24. The Morgan fingerprint density at radius 3 is 2.36 bits per heavy atom. The molecule has 2 rings (SSSR count). The fraction of sp³-hybridized carbons (Fsp3) is 0.909. The van der Waals surface area contributed by atoms with Crippen LogP contribution >= 0.6 is 0 Å². The van der Waals surface area contributed by atoms with E-state index in [0.717, 1.165) is 32.5 Å². The van der Waals surface area contributed by atoms with Gasteiger partial charge in [-0.3, -0.25) is 4.79 Å². The Bertz CT molecular complexity index is 191. The first-order chi connectivity index (χ1) is 6.88. The summed E-state index contributed by atoms with van der Waals surface area (Å²) in [6.45, 7) is 2.65. The summed E-state index contributed by atoms with van der Waals surface area (Å²) in [5.41, 5.74) is 0. The molecule has 0 spiro atoms. The Labute approximate surface area is 85.4 Å². The van der Waals surface area contributed by atoms with Crippen LogP contribution in [0.5, 0.6) is 0 Å². The smallest absolute Gasteiger partial charge is 0.251 e. The number of carbonyl (C=O) groups is 1. The molecule has 2 heterocycles. The van der Waals surface area contributed by atoms with Crippen LogP contribution < -0.4 is 0 Å². The molecule has 80 valence electrons. The Morgan fingerprint density at radius 2 is 1.79 bits per heavy atom. The molecule has 0 aliphatic carbocycles. The second kappa shape index (κ2) is 4.78. The molecule has 2 saturated heterocycles. The van der Waals surface area contributed by atoms with Crippen LogP contribution in [-0.4, -0.2) is 36.6 Å². The maximum atomic E-state index is 12.0. The number of amides is 1. The molecule has 1 atom stereocenters. The van der Waals surface area contributed by atoms with Crippen molar-refractivity contribution in [2.45, 2.75) is 44.6 Å². The van der Waals surface area contributed by atoms with Gasteiger partial charge in [0, 0.05) is 19.7 Å². The molecule has 14 heavy (non-hydrogen) atoms. The molecule has 0 aromatic rings. The van der Waals surface area contributed by atoms with Gasteiger partial charge >= 0.3 is 0 Å². The molecule has 3 nitrogen and oxygen atoms in total. The van der Waals surface area contributed by atoms with Crippen LogP contribution in [-0.2, 0) is 9.53 Å². The van der Waals surface area contributed by atoms with E-state index in [4.69, 9.17) is 4.74 Å². The average molecular weight is 197 g/mol. The lowest BCUT2D eigenvalue weighted by Crippen LogP contribution is -2.39. The van der Waals surface area contributed by atoms with Crippen LogP contribution in [0.3, 0.4) is 0 Å². The van der Waals surface area contributed by atoms with E-state index in [0.29, 0.717) is 0 Å². The highest BCUT2D eigenvalue weighted by Crippen LogP contribution is 2.17. The van der Waals surface area contributed by atoms with Crippen molar-refractivity contribution in [3.63, 3.8) is 0 Å². The molecule has 0 bridgehead atoms. The third kappa shape index (κ3) is 2.27. The highest BCUT2D eigenvalue weighted by atomic mass is 16.5. The van der Waals surface area contributed by atoms with E-state index in [1.807, 2.05) is 4.90 Å². The van der Waals surface area contributed by atoms with E-state index in [1.54, 1.807) is 0 Å². The number of carbonyl (C=O) groups excluding carboxylic acids is 1. The number of hydrogen-bond donors (Lipinski definition) is 0. The predicted molar refractivity (Wildman–Crippen MR) is 54.0 cm³/mol. The van der Waals surface area contributed by atoms with Gasteiger partial charge in [-0.25, -0.2) is 0 Å². The van der Waals surface area contributed by atoms with Crippen molar-refractivity contribution < 1.29 is 9.53 Å². The van der Waals surface area contributed by atoms with E-state index in [9.17, 15) is 4.79 Å². The lowest BCUT2D eigenvalue weighted by molar-refractivity contribution is -0.140. The van der Waals surface area contributed by atoms with Gasteiger partial charge in [-0.1, -0.05) is 12.8 Å². The summed E-state index contributed by atoms with van der Waals surface area (Å²) in [6.07, 6.45) is 6.73. The molecule has 0 radical (unpaired) electrons. The fourth-order valence-electron chi connectivity index (χ4n) is 2.27. The van der Waals surface area contributed by atoms with Crippen molar-refractivity contribution in [3.8, 4) is 0 Å². The van der Waals surface area contributed by atoms with Crippen LogP contribution in [0.15, 0.2) is 0 Å². The molecule has 2 aliphatic heterocycles. The third-order valence-corrected chi connectivity index (χ3v) is 3.12. The third-order valence-electron chi connectivity index (χ3n) is 3.12. The maximum absolute atomic E-state index is 12.0. The highest BCUT2D eigenvalue weighted by molar-refractivity contribution is 5.81. The van der Waals surface area contributed by atoms with Gasteiger partial charge in [0.1, 0.15) is 6.10 Å². The number of nitrogens with zero attached hydrogens (tertiary/aromatic N) is 1. The van der Waals surface area contributed by atoms with Gasteiger partial charge in [-0.05, 0) is 25.7 Å². The summed E-state index contributed by atoms with van der Waals surface area (Å²) in [6, 6.07) is 0. The van der Waals surface area contributed by atoms with Crippen molar-refractivity contribution in [2.75, 3.05) is 19.7 Å². The van der Waals surface area contributed by atoms with E-state index in [1.165, 1.54) is 25.7 Å². The zero-order chi connectivity index (χ0) is 9.80. The standard InChI is InChI=1S/C11H19NO2/c13-11(10-6-5-9-14-10)12-7-3-1-2-4-8-12/h10H,1-9H2. The van der Waals surface area contributed by atoms with Crippen molar-refractivity contribution >= 4 is 5.91 Å². The van der Waals surface area contributed by atoms with Gasteiger partial charge in [0.25, 0.3) is 5.91 Å². The Hall–Kier alpha value is -0.570. The van der Waals surface area contributed by atoms with Crippen LogP contribution in [0.2, 0.25) is 0 Å². The zero-order valence-corrected chi connectivity index (χ0v) is 8.71. The van der Waals surface area contributed by atoms with Gasteiger partial charge in [0.2, 0.25) is 0 Å². The number of ether oxygens (including phenoxy) is 1. The maximum Gasteiger partial charge on any atom is 0.251 e. The minimum absolute atomic E-state index is 0.118. The lowest BCUT2D eigenvalue weighted by atomic mass is 10.2. The van der Waals surface area contributed by atoms with Crippen LogP contribution in [0.4, 0.5) is 0 Å². The van der Waals surface area contributed by atoms with Gasteiger partial charge in [0.05, 0.1) is 0 Å². The molecule has 0 saturated carbocycles. The zero-order valence-electron chi connectivity index (χ0n) is 8.71. The van der Waals surface area contributed by atoms with Crippen molar-refractivity contribution in [2.24, 2.45) is 0 Å². The second-order valence-electron chi connectivity index (χ2n) is 4.24. The molecule has 1 unspecified atom stereocenters. The molecule has 0 aromatic carbocycles. The summed E-state index contributed by atoms with van der Waals surface area (Å²) >= 11 is 0. The lowest BCUT2D eigenvalue weighted by Gasteiger charge is -2.23. The Kier molecular flexibility index (Phi) is 3.40. The van der Waals surface area contributed by atoms with E-state index in [-0.39, 0.29) is 12.0 Å². The van der Waals surface area contributed by atoms with Crippen LogP contribution in [0, 0.1) is 0 Å². The molecular weight excluding hydrogens is 178 g/mol. The summed E-state index contributed by atoms with van der Waals surface area (Å²) in [5, 5.41) is 0.